The second-order valence-electron chi connectivity index (χ2n) is 7.69. The summed E-state index contributed by atoms with van der Waals surface area (Å²) >= 11 is 0. The molecule has 2 aromatic heterocycles. The molecule has 6 heteroatoms. The summed E-state index contributed by atoms with van der Waals surface area (Å²) in [5, 5.41) is 13.3. The molecule has 0 atom stereocenters. The normalized spacial score (nSPS) is 11.2. The first-order valence-corrected chi connectivity index (χ1v) is 10.5. The molecule has 0 spiro atoms. The molecule has 0 aliphatic rings. The Balaban J connectivity index is 1.38. The maximum Gasteiger partial charge on any atom is 0.247 e. The van der Waals surface area contributed by atoms with E-state index < -0.39 is 0 Å². The lowest BCUT2D eigenvalue weighted by Gasteiger charge is -2.14. The fraction of sp³-hybridized carbons (Fsp3) is 0.115. The molecule has 2 heterocycles. The third kappa shape index (κ3) is 4.36. The predicted octanol–water partition coefficient (Wildman–Crippen LogP) is 5.22. The topological polar surface area (TPSA) is 60.0 Å². The third-order valence-electron chi connectivity index (χ3n) is 5.19. The van der Waals surface area contributed by atoms with Gasteiger partial charge in [0, 0.05) is 29.4 Å². The Morgan fingerprint density at radius 1 is 0.750 bits per heavy atom. The van der Waals surface area contributed by atoms with Gasteiger partial charge in [-0.25, -0.2) is 4.68 Å². The molecule has 0 saturated carbocycles. The molecule has 0 N–H and O–H groups in total. The summed E-state index contributed by atoms with van der Waals surface area (Å²) < 4.78 is 7.82. The van der Waals surface area contributed by atoms with Crippen LogP contribution in [0.3, 0.4) is 0 Å². The SMILES string of the molecule is CN(Cc1nnc(-c2ccccc2)o1)Cc1cn(-c2ccccc2)nc1-c1ccccc1. The minimum atomic E-state index is 0.538. The lowest BCUT2D eigenvalue weighted by atomic mass is 10.1. The minimum Gasteiger partial charge on any atom is -0.419 e. The van der Waals surface area contributed by atoms with Crippen molar-refractivity contribution >= 4 is 0 Å². The van der Waals surface area contributed by atoms with Gasteiger partial charge >= 0.3 is 0 Å². The van der Waals surface area contributed by atoms with Crippen molar-refractivity contribution in [1.82, 2.24) is 24.9 Å². The Morgan fingerprint density at radius 3 is 2.06 bits per heavy atom. The summed E-state index contributed by atoms with van der Waals surface area (Å²) in [4.78, 5) is 2.15. The van der Waals surface area contributed by atoms with Gasteiger partial charge in [0.15, 0.2) is 0 Å². The first-order chi connectivity index (χ1) is 15.8. The van der Waals surface area contributed by atoms with Crippen molar-refractivity contribution in [2.24, 2.45) is 0 Å². The van der Waals surface area contributed by atoms with Gasteiger partial charge in [-0.2, -0.15) is 5.10 Å². The van der Waals surface area contributed by atoms with Crippen LogP contribution < -0.4 is 0 Å². The first-order valence-electron chi connectivity index (χ1n) is 10.5. The molecule has 6 nitrogen and oxygen atoms in total. The lowest BCUT2D eigenvalue weighted by Crippen LogP contribution is -2.17. The zero-order chi connectivity index (χ0) is 21.8. The second kappa shape index (κ2) is 8.99. The number of para-hydroxylation sites is 1. The van der Waals surface area contributed by atoms with E-state index in [0.29, 0.717) is 24.9 Å². The largest absolute Gasteiger partial charge is 0.419 e. The zero-order valence-corrected chi connectivity index (χ0v) is 17.8. The van der Waals surface area contributed by atoms with Crippen LogP contribution in [0.5, 0.6) is 0 Å². The number of hydrogen-bond donors (Lipinski definition) is 0. The number of benzene rings is 3. The van der Waals surface area contributed by atoms with Crippen LogP contribution in [0.4, 0.5) is 0 Å². The van der Waals surface area contributed by atoms with Crippen molar-refractivity contribution in [3.8, 4) is 28.4 Å². The van der Waals surface area contributed by atoms with E-state index >= 15 is 0 Å². The number of nitrogens with zero attached hydrogens (tertiary/aromatic N) is 5. The molecule has 5 aromatic rings. The van der Waals surface area contributed by atoms with Crippen molar-refractivity contribution in [1.29, 1.82) is 0 Å². The molecule has 0 aliphatic heterocycles. The van der Waals surface area contributed by atoms with Gasteiger partial charge in [-0.3, -0.25) is 4.90 Å². The van der Waals surface area contributed by atoms with Gasteiger partial charge in [0.1, 0.15) is 0 Å². The lowest BCUT2D eigenvalue weighted by molar-refractivity contribution is 0.283. The van der Waals surface area contributed by atoms with Crippen LogP contribution in [-0.2, 0) is 13.1 Å². The average molecular weight is 422 g/mol. The van der Waals surface area contributed by atoms with Crippen molar-refractivity contribution in [3.05, 3.63) is 109 Å². The quantitative estimate of drug-likeness (QED) is 0.360. The summed E-state index contributed by atoms with van der Waals surface area (Å²) in [5.41, 5.74) is 5.14. The molecule has 0 saturated heterocycles. The van der Waals surface area contributed by atoms with E-state index in [1.807, 2.05) is 78.5 Å². The molecular formula is C26H23N5O. The van der Waals surface area contributed by atoms with Crippen LogP contribution in [0, 0.1) is 0 Å². The number of hydrogen-bond acceptors (Lipinski definition) is 5. The van der Waals surface area contributed by atoms with Crippen molar-refractivity contribution in [2.45, 2.75) is 13.1 Å². The highest BCUT2D eigenvalue weighted by atomic mass is 16.4. The Morgan fingerprint density at radius 2 is 1.38 bits per heavy atom. The summed E-state index contributed by atoms with van der Waals surface area (Å²) in [5.74, 6) is 1.12. The average Bonchev–Trinajstić information content (AvgIpc) is 3.48. The van der Waals surface area contributed by atoms with Gasteiger partial charge in [-0.1, -0.05) is 66.7 Å². The molecule has 0 fully saturated rings. The fourth-order valence-corrected chi connectivity index (χ4v) is 3.67. The van der Waals surface area contributed by atoms with Gasteiger partial charge in [-0.15, -0.1) is 10.2 Å². The minimum absolute atomic E-state index is 0.538. The Labute approximate surface area is 186 Å². The highest BCUT2D eigenvalue weighted by molar-refractivity contribution is 5.63. The molecule has 158 valence electrons. The van der Waals surface area contributed by atoms with E-state index in [4.69, 9.17) is 9.52 Å². The van der Waals surface area contributed by atoms with Gasteiger partial charge in [0.25, 0.3) is 0 Å². The maximum absolute atomic E-state index is 5.88. The van der Waals surface area contributed by atoms with Crippen LogP contribution in [0.2, 0.25) is 0 Å². The molecule has 5 rings (SSSR count). The zero-order valence-electron chi connectivity index (χ0n) is 17.8. The standard InChI is InChI=1S/C26H23N5O/c1-30(19-24-27-28-26(32-24)21-13-7-3-8-14-21)17-22-18-31(23-15-9-4-10-16-23)29-25(22)20-11-5-2-6-12-20/h2-16,18H,17,19H2,1H3. The molecule has 0 unspecified atom stereocenters. The number of aromatic nitrogens is 4. The number of rotatable bonds is 7. The fourth-order valence-electron chi connectivity index (χ4n) is 3.67. The van der Waals surface area contributed by atoms with E-state index in [9.17, 15) is 0 Å². The highest BCUT2D eigenvalue weighted by Gasteiger charge is 2.16. The van der Waals surface area contributed by atoms with Crippen molar-refractivity contribution < 1.29 is 4.42 Å². The van der Waals surface area contributed by atoms with Gasteiger partial charge in [0.2, 0.25) is 11.8 Å². The first kappa shape index (κ1) is 19.9. The Kier molecular flexibility index (Phi) is 5.59. The van der Waals surface area contributed by atoms with Crippen molar-refractivity contribution in [3.63, 3.8) is 0 Å². The van der Waals surface area contributed by atoms with E-state index in [1.54, 1.807) is 0 Å². The van der Waals surface area contributed by atoms with Crippen LogP contribution in [0.15, 0.2) is 102 Å². The maximum atomic E-state index is 5.88. The highest BCUT2D eigenvalue weighted by Crippen LogP contribution is 2.25. The van der Waals surface area contributed by atoms with E-state index in [1.165, 1.54) is 0 Å². The van der Waals surface area contributed by atoms with E-state index in [-0.39, 0.29) is 0 Å². The molecule has 3 aromatic carbocycles. The van der Waals surface area contributed by atoms with Gasteiger partial charge < -0.3 is 4.42 Å². The molecule has 0 aliphatic carbocycles. The molecular weight excluding hydrogens is 398 g/mol. The summed E-state index contributed by atoms with van der Waals surface area (Å²) in [6.07, 6.45) is 2.09. The Hall–Kier alpha value is -4.03. The molecule has 0 radical (unpaired) electrons. The van der Waals surface area contributed by atoms with E-state index in [0.717, 1.165) is 28.1 Å². The third-order valence-corrected chi connectivity index (χ3v) is 5.19. The van der Waals surface area contributed by atoms with E-state index in [2.05, 4.69) is 45.6 Å². The Bertz CT molecular complexity index is 1280. The molecule has 0 amide bonds. The monoisotopic (exact) mass is 421 g/mol. The smallest absolute Gasteiger partial charge is 0.247 e. The van der Waals surface area contributed by atoms with Crippen LogP contribution in [-0.4, -0.2) is 31.9 Å². The van der Waals surface area contributed by atoms with Gasteiger partial charge in [0.05, 0.1) is 17.9 Å². The predicted molar refractivity (Wildman–Crippen MR) is 124 cm³/mol. The summed E-state index contributed by atoms with van der Waals surface area (Å²) in [6, 6.07) is 30.2. The molecule has 0 bridgehead atoms. The van der Waals surface area contributed by atoms with Gasteiger partial charge in [-0.05, 0) is 31.3 Å². The second-order valence-corrected chi connectivity index (χ2v) is 7.69. The summed E-state index contributed by atoms with van der Waals surface area (Å²) in [6.45, 7) is 1.24. The van der Waals surface area contributed by atoms with Crippen LogP contribution in [0.25, 0.3) is 28.4 Å². The summed E-state index contributed by atoms with van der Waals surface area (Å²) in [7, 11) is 2.04. The van der Waals surface area contributed by atoms with Crippen molar-refractivity contribution in [2.75, 3.05) is 7.05 Å². The van der Waals surface area contributed by atoms with Crippen LogP contribution >= 0.6 is 0 Å². The van der Waals surface area contributed by atoms with Crippen LogP contribution in [0.1, 0.15) is 11.5 Å². The molecule has 32 heavy (non-hydrogen) atoms.